The van der Waals surface area contributed by atoms with E-state index in [1.165, 1.54) is 30.5 Å². The molecule has 0 aliphatic carbocycles. The zero-order valence-corrected chi connectivity index (χ0v) is 11.8. The van der Waals surface area contributed by atoms with Gasteiger partial charge >= 0.3 is 11.8 Å². The number of anilines is 1. The minimum absolute atomic E-state index is 0.362. The third kappa shape index (κ3) is 4.52. The zero-order chi connectivity index (χ0) is 15.9. The number of carbonyl (C=O) groups excluding carboxylic acids is 2. The standard InChI is InChI=1S/C16H14FN3O2/c1-11-3-2-4-14(9-11)19-15(21)16(22)20-18-10-12-5-7-13(17)8-6-12/h2-10H,1H3,(H,19,21)(H,20,22)/b18-10+. The fourth-order valence-electron chi connectivity index (χ4n) is 1.68. The monoisotopic (exact) mass is 299 g/mol. The van der Waals surface area contributed by atoms with Crippen molar-refractivity contribution < 1.29 is 14.0 Å². The first-order valence-electron chi connectivity index (χ1n) is 6.51. The third-order valence-electron chi connectivity index (χ3n) is 2.73. The van der Waals surface area contributed by atoms with E-state index in [1.807, 2.05) is 13.0 Å². The minimum atomic E-state index is -0.889. The van der Waals surface area contributed by atoms with Gasteiger partial charge in [0.1, 0.15) is 5.82 Å². The van der Waals surface area contributed by atoms with E-state index in [9.17, 15) is 14.0 Å². The van der Waals surface area contributed by atoms with Gasteiger partial charge in [-0.15, -0.1) is 0 Å². The Morgan fingerprint density at radius 1 is 1.09 bits per heavy atom. The average Bonchev–Trinajstić information content (AvgIpc) is 2.49. The number of carbonyl (C=O) groups is 2. The molecule has 0 bridgehead atoms. The molecule has 0 fully saturated rings. The van der Waals surface area contributed by atoms with Crippen LogP contribution in [-0.4, -0.2) is 18.0 Å². The molecule has 0 radical (unpaired) electrons. The molecular formula is C16H14FN3O2. The number of hydrogen-bond donors (Lipinski definition) is 2. The largest absolute Gasteiger partial charge is 0.329 e. The SMILES string of the molecule is Cc1cccc(NC(=O)C(=O)N/N=C/c2ccc(F)cc2)c1. The van der Waals surface area contributed by atoms with Crippen LogP contribution in [0.15, 0.2) is 53.6 Å². The topological polar surface area (TPSA) is 70.6 Å². The van der Waals surface area contributed by atoms with Crippen LogP contribution in [0.3, 0.4) is 0 Å². The van der Waals surface area contributed by atoms with Crippen molar-refractivity contribution in [3.8, 4) is 0 Å². The van der Waals surface area contributed by atoms with Crippen LogP contribution >= 0.6 is 0 Å². The molecule has 0 aromatic heterocycles. The molecule has 0 unspecified atom stereocenters. The summed E-state index contributed by atoms with van der Waals surface area (Å²) in [5, 5.41) is 6.11. The lowest BCUT2D eigenvalue weighted by molar-refractivity contribution is -0.136. The van der Waals surface area contributed by atoms with Gasteiger partial charge < -0.3 is 5.32 Å². The maximum atomic E-state index is 12.7. The molecule has 2 aromatic carbocycles. The molecule has 0 saturated heterocycles. The van der Waals surface area contributed by atoms with Gasteiger partial charge in [0.15, 0.2) is 0 Å². The average molecular weight is 299 g/mol. The van der Waals surface area contributed by atoms with Crippen molar-refractivity contribution in [2.45, 2.75) is 6.92 Å². The van der Waals surface area contributed by atoms with Gasteiger partial charge in [-0.05, 0) is 42.3 Å². The highest BCUT2D eigenvalue weighted by molar-refractivity contribution is 6.39. The minimum Gasteiger partial charge on any atom is -0.318 e. The molecule has 0 atom stereocenters. The Balaban J connectivity index is 1.89. The second kappa shape index (κ2) is 7.12. The van der Waals surface area contributed by atoms with Gasteiger partial charge in [-0.2, -0.15) is 5.10 Å². The van der Waals surface area contributed by atoms with Crippen molar-refractivity contribution in [2.75, 3.05) is 5.32 Å². The van der Waals surface area contributed by atoms with Gasteiger partial charge in [0.05, 0.1) is 6.21 Å². The van der Waals surface area contributed by atoms with Crippen molar-refractivity contribution in [2.24, 2.45) is 5.10 Å². The molecule has 2 aromatic rings. The van der Waals surface area contributed by atoms with E-state index in [2.05, 4.69) is 15.8 Å². The fourth-order valence-corrected chi connectivity index (χ4v) is 1.68. The molecule has 112 valence electrons. The van der Waals surface area contributed by atoms with Crippen LogP contribution in [0.4, 0.5) is 10.1 Å². The first-order valence-corrected chi connectivity index (χ1v) is 6.51. The van der Waals surface area contributed by atoms with Gasteiger partial charge in [-0.3, -0.25) is 9.59 Å². The number of benzene rings is 2. The lowest BCUT2D eigenvalue weighted by Crippen LogP contribution is -2.32. The Kier molecular flexibility index (Phi) is 4.98. The van der Waals surface area contributed by atoms with Crippen LogP contribution in [0.5, 0.6) is 0 Å². The number of aryl methyl sites for hydroxylation is 1. The van der Waals surface area contributed by atoms with Crippen LogP contribution < -0.4 is 10.7 Å². The number of hydrazone groups is 1. The maximum absolute atomic E-state index is 12.7. The Labute approximate surface area is 126 Å². The lowest BCUT2D eigenvalue weighted by Gasteiger charge is -2.04. The quantitative estimate of drug-likeness (QED) is 0.518. The van der Waals surface area contributed by atoms with Crippen LogP contribution in [-0.2, 0) is 9.59 Å². The Morgan fingerprint density at radius 3 is 2.50 bits per heavy atom. The molecule has 2 rings (SSSR count). The molecule has 5 nitrogen and oxygen atoms in total. The van der Waals surface area contributed by atoms with Gasteiger partial charge in [0, 0.05) is 5.69 Å². The summed E-state index contributed by atoms with van der Waals surface area (Å²) in [7, 11) is 0. The van der Waals surface area contributed by atoms with E-state index in [0.29, 0.717) is 11.3 Å². The third-order valence-corrected chi connectivity index (χ3v) is 2.73. The summed E-state index contributed by atoms with van der Waals surface area (Å²) < 4.78 is 12.7. The lowest BCUT2D eigenvalue weighted by atomic mass is 10.2. The van der Waals surface area contributed by atoms with Crippen LogP contribution in [0.25, 0.3) is 0 Å². The fraction of sp³-hybridized carbons (Fsp3) is 0.0625. The van der Waals surface area contributed by atoms with Crippen molar-refractivity contribution in [1.82, 2.24) is 5.43 Å². The molecule has 2 amide bonds. The maximum Gasteiger partial charge on any atom is 0.329 e. The number of rotatable bonds is 3. The summed E-state index contributed by atoms with van der Waals surface area (Å²) >= 11 is 0. The number of amides is 2. The number of nitrogens with one attached hydrogen (secondary N) is 2. The summed E-state index contributed by atoms with van der Waals surface area (Å²) in [5.74, 6) is -2.07. The first kappa shape index (κ1) is 15.4. The summed E-state index contributed by atoms with van der Waals surface area (Å²) in [6.07, 6.45) is 1.32. The molecular weight excluding hydrogens is 285 g/mol. The summed E-state index contributed by atoms with van der Waals surface area (Å²) in [4.78, 5) is 23.2. The molecule has 0 aliphatic heterocycles. The van der Waals surface area contributed by atoms with E-state index < -0.39 is 11.8 Å². The highest BCUT2D eigenvalue weighted by atomic mass is 19.1. The molecule has 0 aliphatic rings. The van der Waals surface area contributed by atoms with Crippen molar-refractivity contribution in [1.29, 1.82) is 0 Å². The van der Waals surface area contributed by atoms with Crippen LogP contribution in [0.1, 0.15) is 11.1 Å². The molecule has 6 heteroatoms. The van der Waals surface area contributed by atoms with E-state index >= 15 is 0 Å². The van der Waals surface area contributed by atoms with Crippen LogP contribution in [0, 0.1) is 12.7 Å². The van der Waals surface area contributed by atoms with Crippen molar-refractivity contribution >= 4 is 23.7 Å². The van der Waals surface area contributed by atoms with E-state index in [1.54, 1.807) is 18.2 Å². The normalized spacial score (nSPS) is 10.5. The van der Waals surface area contributed by atoms with E-state index in [-0.39, 0.29) is 5.82 Å². The van der Waals surface area contributed by atoms with E-state index in [4.69, 9.17) is 0 Å². The Hall–Kier alpha value is -3.02. The molecule has 0 saturated carbocycles. The summed E-state index contributed by atoms with van der Waals surface area (Å²) in [6.45, 7) is 1.88. The summed E-state index contributed by atoms with van der Waals surface area (Å²) in [5.41, 5.74) is 4.20. The van der Waals surface area contributed by atoms with E-state index in [0.717, 1.165) is 5.56 Å². The zero-order valence-electron chi connectivity index (χ0n) is 11.8. The Morgan fingerprint density at radius 2 is 1.82 bits per heavy atom. The predicted octanol–water partition coefficient (Wildman–Crippen LogP) is 2.22. The van der Waals surface area contributed by atoms with Gasteiger partial charge in [0.25, 0.3) is 0 Å². The second-order valence-corrected chi connectivity index (χ2v) is 4.57. The highest BCUT2D eigenvalue weighted by Gasteiger charge is 2.12. The number of nitrogens with zero attached hydrogens (tertiary/aromatic N) is 1. The molecule has 0 heterocycles. The highest BCUT2D eigenvalue weighted by Crippen LogP contribution is 2.09. The Bertz CT molecular complexity index is 712. The smallest absolute Gasteiger partial charge is 0.318 e. The van der Waals surface area contributed by atoms with Gasteiger partial charge in [-0.25, -0.2) is 9.82 Å². The van der Waals surface area contributed by atoms with Gasteiger partial charge in [0.2, 0.25) is 0 Å². The molecule has 0 spiro atoms. The summed E-state index contributed by atoms with van der Waals surface area (Å²) in [6, 6.07) is 12.6. The first-order chi connectivity index (χ1) is 10.5. The van der Waals surface area contributed by atoms with Crippen molar-refractivity contribution in [3.63, 3.8) is 0 Å². The van der Waals surface area contributed by atoms with Crippen LogP contribution in [0.2, 0.25) is 0 Å². The second-order valence-electron chi connectivity index (χ2n) is 4.57. The predicted molar refractivity (Wildman–Crippen MR) is 81.9 cm³/mol. The number of halogens is 1. The van der Waals surface area contributed by atoms with Crippen molar-refractivity contribution in [3.05, 3.63) is 65.5 Å². The molecule has 22 heavy (non-hydrogen) atoms. The van der Waals surface area contributed by atoms with Gasteiger partial charge in [-0.1, -0.05) is 24.3 Å². The number of hydrogen-bond acceptors (Lipinski definition) is 3. The molecule has 2 N–H and O–H groups in total.